The first-order chi connectivity index (χ1) is 20.7. The lowest BCUT2D eigenvalue weighted by Crippen LogP contribution is -2.52. The van der Waals surface area contributed by atoms with Crippen molar-refractivity contribution in [1.29, 1.82) is 0 Å². The van der Waals surface area contributed by atoms with E-state index >= 15 is 0 Å². The van der Waals surface area contributed by atoms with E-state index in [4.69, 9.17) is 15.5 Å². The molecule has 6 rings (SSSR count). The minimum Gasteiger partial charge on any atom is -0.382 e. The topological polar surface area (TPSA) is 120 Å². The summed E-state index contributed by atoms with van der Waals surface area (Å²) in [5, 5.41) is 3.64. The van der Waals surface area contributed by atoms with Crippen LogP contribution < -0.4 is 20.9 Å². The van der Waals surface area contributed by atoms with Crippen LogP contribution in [0.25, 0.3) is 11.1 Å². The number of hydrogen-bond acceptors (Lipinski definition) is 11. The van der Waals surface area contributed by atoms with Gasteiger partial charge in [-0.15, -0.1) is 0 Å². The second-order valence-electron chi connectivity index (χ2n) is 12.4. The number of ether oxygens (including phenoxy) is 1. The molecule has 0 unspecified atom stereocenters. The molecule has 234 valence electrons. The van der Waals surface area contributed by atoms with E-state index < -0.39 is 9.84 Å². The molecule has 0 aliphatic carbocycles. The van der Waals surface area contributed by atoms with Crippen LogP contribution in [0.3, 0.4) is 0 Å². The number of nitrogen functional groups attached to an aromatic ring is 1. The largest absolute Gasteiger partial charge is 0.382 e. The van der Waals surface area contributed by atoms with Gasteiger partial charge < -0.3 is 30.5 Å². The summed E-state index contributed by atoms with van der Waals surface area (Å²) in [4.78, 5) is 19.4. The molecule has 3 N–H and O–H groups in total. The lowest BCUT2D eigenvalue weighted by molar-refractivity contribution is 0.0824. The van der Waals surface area contributed by atoms with Gasteiger partial charge in [-0.2, -0.15) is 0 Å². The van der Waals surface area contributed by atoms with Crippen molar-refractivity contribution in [3.63, 3.8) is 0 Å². The highest BCUT2D eigenvalue weighted by molar-refractivity contribution is 7.90. The van der Waals surface area contributed by atoms with Gasteiger partial charge in [-0.1, -0.05) is 6.07 Å². The van der Waals surface area contributed by atoms with Crippen LogP contribution in [0.2, 0.25) is 0 Å². The van der Waals surface area contributed by atoms with Crippen molar-refractivity contribution in [3.8, 4) is 11.1 Å². The first-order valence-corrected chi connectivity index (χ1v) is 17.6. The predicted molar refractivity (Wildman–Crippen MR) is 173 cm³/mol. The molecule has 1 aromatic heterocycles. The number of amidine groups is 1. The zero-order chi connectivity index (χ0) is 30.1. The van der Waals surface area contributed by atoms with Gasteiger partial charge in [0.15, 0.2) is 9.84 Å². The molecule has 3 fully saturated rings. The second kappa shape index (κ2) is 12.6. The molecule has 5 heterocycles. The quantitative estimate of drug-likeness (QED) is 0.505. The van der Waals surface area contributed by atoms with Crippen molar-refractivity contribution in [2.75, 3.05) is 94.4 Å². The Morgan fingerprint density at radius 3 is 2.44 bits per heavy atom. The molecule has 2 aromatic rings. The third kappa shape index (κ3) is 6.47. The van der Waals surface area contributed by atoms with E-state index in [0.29, 0.717) is 29.3 Å². The van der Waals surface area contributed by atoms with Gasteiger partial charge in [0.1, 0.15) is 23.0 Å². The Kier molecular flexibility index (Phi) is 8.81. The average molecular weight is 611 g/mol. The summed E-state index contributed by atoms with van der Waals surface area (Å²) >= 11 is 0. The van der Waals surface area contributed by atoms with Crippen LogP contribution in [-0.4, -0.2) is 120 Å². The lowest BCUT2D eigenvalue weighted by atomic mass is 10.00. The maximum absolute atomic E-state index is 13.2. The highest BCUT2D eigenvalue weighted by Gasteiger charge is 2.30. The summed E-state index contributed by atoms with van der Waals surface area (Å²) in [6.45, 7) is 11.1. The number of benzene rings is 1. The number of anilines is 3. The number of piperazine rings is 1. The predicted octanol–water partition coefficient (Wildman–Crippen LogP) is 2.59. The highest BCUT2D eigenvalue weighted by Crippen LogP contribution is 2.44. The molecule has 0 spiro atoms. The molecular weight excluding hydrogens is 564 g/mol. The van der Waals surface area contributed by atoms with E-state index in [1.54, 1.807) is 12.3 Å². The third-order valence-electron chi connectivity index (χ3n) is 9.46. The van der Waals surface area contributed by atoms with Crippen molar-refractivity contribution >= 4 is 38.6 Å². The maximum Gasteiger partial charge on any atom is 0.177 e. The molecule has 0 radical (unpaired) electrons. The average Bonchev–Trinajstić information content (AvgIpc) is 3.01. The summed E-state index contributed by atoms with van der Waals surface area (Å²) in [6.07, 6.45) is 6.98. The van der Waals surface area contributed by atoms with Gasteiger partial charge in [0, 0.05) is 89.1 Å². The van der Waals surface area contributed by atoms with Crippen LogP contribution in [0.15, 0.2) is 34.3 Å². The van der Waals surface area contributed by atoms with Crippen molar-refractivity contribution in [3.05, 3.63) is 24.4 Å². The van der Waals surface area contributed by atoms with Gasteiger partial charge in [0.25, 0.3) is 0 Å². The van der Waals surface area contributed by atoms with Gasteiger partial charge in [-0.3, -0.25) is 4.90 Å². The van der Waals surface area contributed by atoms with Gasteiger partial charge >= 0.3 is 0 Å². The van der Waals surface area contributed by atoms with Gasteiger partial charge in [0.05, 0.1) is 17.1 Å². The monoisotopic (exact) mass is 610 g/mol. The van der Waals surface area contributed by atoms with Crippen LogP contribution >= 0.6 is 0 Å². The minimum atomic E-state index is -3.50. The summed E-state index contributed by atoms with van der Waals surface area (Å²) in [6, 6.07) is 6.65. The normalized spacial score (nSPS) is 21.5. The number of sulfone groups is 1. The molecule has 43 heavy (non-hydrogen) atoms. The van der Waals surface area contributed by atoms with Crippen molar-refractivity contribution in [2.45, 2.75) is 49.6 Å². The van der Waals surface area contributed by atoms with Gasteiger partial charge in [-0.25, -0.2) is 18.4 Å². The number of likely N-dealkylation sites (N-methyl/N-ethyl adjacent to an activating group) is 2. The van der Waals surface area contributed by atoms with Crippen molar-refractivity contribution in [1.82, 2.24) is 20.1 Å². The number of nitrogens with one attached hydrogen (secondary N) is 1. The number of piperidine rings is 1. The standard InChI is InChI=1S/C31H46N8O3S/c1-4-37-21-28(34-23-9-17-42-18-10-23)35-29-25(20-33-31(32)30(29)37)22-5-6-26(27(19-22)43(3,40)41)39-11-7-24(8-12-39)38-15-13-36(2)14-16-38/h5-6,19-20,23-24H,4,7-18,21H2,1-3H3,(H2,32,33)(H,34,35). The molecule has 4 aliphatic heterocycles. The van der Waals surface area contributed by atoms with Gasteiger partial charge in [0.2, 0.25) is 0 Å². The van der Waals surface area contributed by atoms with Crippen molar-refractivity contribution in [2.24, 2.45) is 4.99 Å². The number of aromatic nitrogens is 1. The SMILES string of the molecule is CCN1CC(NC2CCOCC2)=Nc2c(-c3ccc(N4CCC(N5CCN(C)CC5)CC4)c(S(C)(=O)=O)c3)cnc(N)c21. The molecule has 4 aliphatic rings. The zero-order valence-electron chi connectivity index (χ0n) is 25.8. The Morgan fingerprint density at radius 1 is 1.05 bits per heavy atom. The first-order valence-electron chi connectivity index (χ1n) is 15.7. The minimum absolute atomic E-state index is 0.312. The summed E-state index contributed by atoms with van der Waals surface area (Å²) in [5.74, 6) is 1.31. The number of nitrogens with zero attached hydrogens (tertiary/aromatic N) is 6. The van der Waals surface area contributed by atoms with Crippen LogP contribution in [0.1, 0.15) is 32.6 Å². The Balaban J connectivity index is 1.30. The maximum atomic E-state index is 13.2. The fraction of sp³-hybridized carbons (Fsp3) is 0.613. The highest BCUT2D eigenvalue weighted by atomic mass is 32.2. The number of pyridine rings is 1. The molecule has 11 nitrogen and oxygen atoms in total. The second-order valence-corrected chi connectivity index (χ2v) is 14.4. The Hall–Kier alpha value is -2.93. The van der Waals surface area contributed by atoms with Crippen LogP contribution in [0.5, 0.6) is 0 Å². The Labute approximate surface area is 256 Å². The summed E-state index contributed by atoms with van der Waals surface area (Å²) in [5.41, 5.74) is 10.3. The molecule has 0 saturated carbocycles. The number of hydrogen-bond donors (Lipinski definition) is 2. The number of fused-ring (bicyclic) bond motifs is 1. The van der Waals surface area contributed by atoms with E-state index in [-0.39, 0.29) is 0 Å². The number of aliphatic imine (C=N–C) groups is 1. The number of nitrogens with two attached hydrogens (primary N) is 1. The zero-order valence-corrected chi connectivity index (χ0v) is 26.6. The van der Waals surface area contributed by atoms with Crippen LogP contribution in [0.4, 0.5) is 22.9 Å². The van der Waals surface area contributed by atoms with E-state index in [2.05, 4.69) is 43.9 Å². The first kappa shape index (κ1) is 30.1. The summed E-state index contributed by atoms with van der Waals surface area (Å²) < 4.78 is 31.9. The molecule has 12 heteroatoms. The Morgan fingerprint density at radius 2 is 1.77 bits per heavy atom. The van der Waals surface area contributed by atoms with Gasteiger partial charge in [-0.05, 0) is 57.4 Å². The van der Waals surface area contributed by atoms with Crippen LogP contribution in [0, 0.1) is 0 Å². The molecule has 3 saturated heterocycles. The molecule has 0 atom stereocenters. The summed E-state index contributed by atoms with van der Waals surface area (Å²) in [7, 11) is -1.32. The molecule has 1 aromatic carbocycles. The fourth-order valence-electron chi connectivity index (χ4n) is 6.90. The van der Waals surface area contributed by atoms with E-state index in [1.165, 1.54) is 6.26 Å². The van der Waals surface area contributed by atoms with Crippen molar-refractivity contribution < 1.29 is 13.2 Å². The van der Waals surface area contributed by atoms with E-state index in [0.717, 1.165) is 119 Å². The smallest absolute Gasteiger partial charge is 0.177 e. The third-order valence-corrected chi connectivity index (χ3v) is 10.6. The Bertz CT molecular complexity index is 1440. The van der Waals surface area contributed by atoms with E-state index in [9.17, 15) is 8.42 Å². The molecule has 0 bridgehead atoms. The molecular formula is C31H46N8O3S. The lowest BCUT2D eigenvalue weighted by Gasteiger charge is -2.42. The fourth-order valence-corrected chi connectivity index (χ4v) is 7.81. The van der Waals surface area contributed by atoms with E-state index in [1.807, 2.05) is 12.1 Å². The number of rotatable bonds is 6. The molecule has 0 amide bonds. The van der Waals surface area contributed by atoms with Crippen LogP contribution in [-0.2, 0) is 14.6 Å².